The number of ether oxygens (including phenoxy) is 1. The van der Waals surface area contributed by atoms with Crippen LogP contribution in [0.1, 0.15) is 28.8 Å². The van der Waals surface area contributed by atoms with Gasteiger partial charge in [0.25, 0.3) is 5.91 Å². The summed E-state index contributed by atoms with van der Waals surface area (Å²) < 4.78 is 12.5. The summed E-state index contributed by atoms with van der Waals surface area (Å²) in [5, 5.41) is 4.36. The number of nitrogens with one attached hydrogen (secondary N) is 1. The highest BCUT2D eigenvalue weighted by Crippen LogP contribution is 2.23. The predicted molar refractivity (Wildman–Crippen MR) is 117 cm³/mol. The zero-order valence-electron chi connectivity index (χ0n) is 15.9. The van der Waals surface area contributed by atoms with E-state index in [1.54, 1.807) is 12.1 Å². The number of rotatable bonds is 4. The molecule has 4 rings (SSSR count). The molecule has 3 aromatic rings. The van der Waals surface area contributed by atoms with E-state index in [0.29, 0.717) is 28.4 Å². The van der Waals surface area contributed by atoms with Gasteiger partial charge in [-0.25, -0.2) is 4.99 Å². The fourth-order valence-corrected chi connectivity index (χ4v) is 3.78. The zero-order valence-corrected chi connectivity index (χ0v) is 18.2. The molecular weight excluding hydrogens is 456 g/mol. The number of aryl methyl sites for hydroxylation is 1. The van der Waals surface area contributed by atoms with Crippen molar-refractivity contribution in [2.75, 3.05) is 13.2 Å². The number of benzene rings is 2. The van der Waals surface area contributed by atoms with Crippen molar-refractivity contribution < 1.29 is 13.9 Å². The van der Waals surface area contributed by atoms with Crippen LogP contribution in [-0.4, -0.2) is 25.2 Å². The van der Waals surface area contributed by atoms with Crippen molar-refractivity contribution in [1.82, 2.24) is 5.32 Å². The van der Waals surface area contributed by atoms with Gasteiger partial charge in [-0.3, -0.25) is 4.79 Å². The normalized spacial score (nSPS) is 17.1. The van der Waals surface area contributed by atoms with E-state index in [1.165, 1.54) is 0 Å². The summed E-state index contributed by atoms with van der Waals surface area (Å²) >= 11 is 9.69. The molecule has 5 nitrogen and oxygen atoms in total. The van der Waals surface area contributed by atoms with Gasteiger partial charge in [-0.15, -0.1) is 0 Å². The van der Waals surface area contributed by atoms with Crippen molar-refractivity contribution in [3.05, 3.63) is 68.6 Å². The number of hydrogen-bond donors (Lipinski definition) is 1. The van der Waals surface area contributed by atoms with Gasteiger partial charge in [0.2, 0.25) is 5.55 Å². The van der Waals surface area contributed by atoms with Crippen molar-refractivity contribution >= 4 is 50.1 Å². The molecule has 1 unspecified atom stereocenters. The van der Waals surface area contributed by atoms with E-state index < -0.39 is 0 Å². The minimum absolute atomic E-state index is 0.0572. The van der Waals surface area contributed by atoms with Crippen molar-refractivity contribution in [1.29, 1.82) is 0 Å². The highest BCUT2D eigenvalue weighted by atomic mass is 79.9. The summed E-state index contributed by atoms with van der Waals surface area (Å²) in [6, 6.07) is 12.9. The van der Waals surface area contributed by atoms with E-state index in [-0.39, 0.29) is 17.6 Å². The monoisotopic (exact) mass is 474 g/mol. The van der Waals surface area contributed by atoms with Crippen LogP contribution in [0, 0.1) is 6.92 Å². The number of hydrogen-bond acceptors (Lipinski definition) is 4. The summed E-state index contributed by atoms with van der Waals surface area (Å²) in [7, 11) is 0. The lowest BCUT2D eigenvalue weighted by atomic mass is 10.1. The summed E-state index contributed by atoms with van der Waals surface area (Å²) in [6.45, 7) is 3.13. The number of nitrogens with zero attached hydrogens (tertiary/aromatic N) is 1. The Morgan fingerprint density at radius 1 is 1.28 bits per heavy atom. The fourth-order valence-electron chi connectivity index (χ4n) is 3.22. The Hall–Kier alpha value is -2.15. The molecule has 1 aromatic heterocycles. The van der Waals surface area contributed by atoms with Gasteiger partial charge in [0.05, 0.1) is 11.8 Å². The minimum Gasteiger partial charge on any atom is -0.438 e. The summed E-state index contributed by atoms with van der Waals surface area (Å²) in [5.74, 6) is -0.247. The second-order valence-electron chi connectivity index (χ2n) is 7.04. The topological polar surface area (TPSA) is 63.8 Å². The third kappa shape index (κ3) is 4.71. The van der Waals surface area contributed by atoms with Gasteiger partial charge < -0.3 is 14.5 Å². The SMILES string of the molecule is Cc1ccc(N=c2oc3ccc(Br)cc3cc2C(=O)NCC2CCCO2)cc1Cl. The molecule has 29 heavy (non-hydrogen) atoms. The largest absolute Gasteiger partial charge is 0.438 e. The number of fused-ring (bicyclic) bond motifs is 1. The maximum absolute atomic E-state index is 12.9. The fraction of sp³-hybridized carbons (Fsp3) is 0.273. The lowest BCUT2D eigenvalue weighted by Crippen LogP contribution is -2.34. The van der Waals surface area contributed by atoms with Crippen molar-refractivity contribution in [2.45, 2.75) is 25.9 Å². The number of carbonyl (C=O) groups excluding carboxylic acids is 1. The van der Waals surface area contributed by atoms with Gasteiger partial charge in [-0.05, 0) is 61.7 Å². The molecule has 0 spiro atoms. The summed E-state index contributed by atoms with van der Waals surface area (Å²) in [5.41, 5.74) is 2.82. The van der Waals surface area contributed by atoms with Crippen LogP contribution in [0.2, 0.25) is 5.02 Å². The van der Waals surface area contributed by atoms with Gasteiger partial charge in [0, 0.05) is 28.0 Å². The van der Waals surface area contributed by atoms with E-state index >= 15 is 0 Å². The molecule has 2 aromatic carbocycles. The van der Waals surface area contributed by atoms with Crippen LogP contribution >= 0.6 is 27.5 Å². The smallest absolute Gasteiger partial charge is 0.256 e. The van der Waals surface area contributed by atoms with Crippen LogP contribution in [0.25, 0.3) is 11.0 Å². The molecule has 1 saturated heterocycles. The second-order valence-corrected chi connectivity index (χ2v) is 8.36. The summed E-state index contributed by atoms with van der Waals surface area (Å²) in [6.07, 6.45) is 2.03. The molecule has 1 aliphatic rings. The Bertz CT molecular complexity index is 1140. The molecule has 0 saturated carbocycles. The van der Waals surface area contributed by atoms with Crippen LogP contribution in [0.4, 0.5) is 5.69 Å². The van der Waals surface area contributed by atoms with Crippen molar-refractivity contribution in [3.63, 3.8) is 0 Å². The first-order valence-corrected chi connectivity index (χ1v) is 10.6. The highest BCUT2D eigenvalue weighted by Gasteiger charge is 2.18. The molecule has 1 N–H and O–H groups in total. The Balaban J connectivity index is 1.76. The van der Waals surface area contributed by atoms with Crippen LogP contribution in [0.3, 0.4) is 0 Å². The lowest BCUT2D eigenvalue weighted by Gasteiger charge is -2.11. The predicted octanol–water partition coefficient (Wildman–Crippen LogP) is 5.30. The first-order valence-electron chi connectivity index (χ1n) is 9.44. The first-order chi connectivity index (χ1) is 14.0. The Kier molecular flexibility index (Phi) is 6.04. The molecule has 150 valence electrons. The lowest BCUT2D eigenvalue weighted by molar-refractivity contribution is 0.0854. The van der Waals surface area contributed by atoms with Gasteiger partial charge in [-0.2, -0.15) is 0 Å². The minimum atomic E-state index is -0.247. The summed E-state index contributed by atoms with van der Waals surface area (Å²) in [4.78, 5) is 17.5. The number of carbonyl (C=O) groups is 1. The maximum atomic E-state index is 12.9. The molecule has 1 aliphatic heterocycles. The van der Waals surface area contributed by atoms with Gasteiger partial charge in [0.1, 0.15) is 11.1 Å². The van der Waals surface area contributed by atoms with E-state index in [1.807, 2.05) is 37.3 Å². The third-order valence-corrected chi connectivity index (χ3v) is 5.75. The molecule has 1 amide bonds. The molecule has 0 radical (unpaired) electrons. The maximum Gasteiger partial charge on any atom is 0.256 e. The first kappa shape index (κ1) is 20.1. The van der Waals surface area contributed by atoms with Crippen LogP contribution in [0.5, 0.6) is 0 Å². The average Bonchev–Trinajstić information content (AvgIpc) is 3.22. The molecule has 2 heterocycles. The van der Waals surface area contributed by atoms with Gasteiger partial charge >= 0.3 is 0 Å². The van der Waals surface area contributed by atoms with E-state index in [0.717, 1.165) is 34.9 Å². The molecule has 0 aliphatic carbocycles. The Labute approximate surface area is 181 Å². The second kappa shape index (κ2) is 8.69. The number of halogens is 2. The van der Waals surface area contributed by atoms with E-state index in [9.17, 15) is 4.79 Å². The van der Waals surface area contributed by atoms with Crippen LogP contribution < -0.4 is 10.9 Å². The molecule has 7 heteroatoms. The molecule has 1 fully saturated rings. The average molecular weight is 476 g/mol. The molecular formula is C22H20BrClN2O3. The third-order valence-electron chi connectivity index (χ3n) is 4.85. The van der Waals surface area contributed by atoms with Crippen molar-refractivity contribution in [2.24, 2.45) is 4.99 Å². The van der Waals surface area contributed by atoms with Gasteiger partial charge in [0.15, 0.2) is 0 Å². The quantitative estimate of drug-likeness (QED) is 0.557. The number of amides is 1. The zero-order chi connectivity index (χ0) is 20.4. The standard InChI is InChI=1S/C22H20BrClN2O3/c1-13-4-6-16(11-19(13)24)26-22-18(21(27)25-12-17-3-2-8-28-17)10-14-9-15(23)5-7-20(14)29-22/h4-7,9-11,17H,2-3,8,12H2,1H3,(H,25,27). The van der Waals surface area contributed by atoms with Gasteiger partial charge in [-0.1, -0.05) is 33.6 Å². The molecule has 0 bridgehead atoms. The van der Waals surface area contributed by atoms with E-state index in [4.69, 9.17) is 20.8 Å². The molecule has 1 atom stereocenters. The van der Waals surface area contributed by atoms with Crippen LogP contribution in [0.15, 0.2) is 56.3 Å². The Morgan fingerprint density at radius 3 is 2.90 bits per heavy atom. The highest BCUT2D eigenvalue weighted by molar-refractivity contribution is 9.10. The van der Waals surface area contributed by atoms with E-state index in [2.05, 4.69) is 26.2 Å². The van der Waals surface area contributed by atoms with Crippen molar-refractivity contribution in [3.8, 4) is 0 Å². The van der Waals surface area contributed by atoms with Crippen LogP contribution in [-0.2, 0) is 4.74 Å². The Morgan fingerprint density at radius 2 is 2.14 bits per heavy atom.